The van der Waals surface area contributed by atoms with E-state index in [2.05, 4.69) is 16.0 Å². The molecule has 0 heterocycles. The van der Waals surface area contributed by atoms with Crippen LogP contribution in [0.5, 0.6) is 11.5 Å². The van der Waals surface area contributed by atoms with Crippen molar-refractivity contribution in [2.24, 2.45) is 0 Å². The standard InChI is InChI=1S/C24H33N3O4/c1-6-24(4,5)27-23(29)17-9-11-18(12-10-17)25-16-22(28)26-20-15-19(30-7-2)13-14-21(20)31-8-3/h9-15,25H,6-8,16H2,1-5H3,(H,26,28)(H,27,29). The second kappa shape index (κ2) is 11.2. The van der Waals surface area contributed by atoms with Crippen LogP contribution in [0.1, 0.15) is 51.4 Å². The molecule has 168 valence electrons. The average molecular weight is 428 g/mol. The Morgan fingerprint density at radius 1 is 0.935 bits per heavy atom. The van der Waals surface area contributed by atoms with E-state index < -0.39 is 0 Å². The highest BCUT2D eigenvalue weighted by Gasteiger charge is 2.18. The van der Waals surface area contributed by atoms with Crippen LogP contribution in [0, 0.1) is 0 Å². The first-order chi connectivity index (χ1) is 14.8. The molecule has 0 aliphatic rings. The number of carbonyl (C=O) groups excluding carboxylic acids is 2. The summed E-state index contributed by atoms with van der Waals surface area (Å²) in [5.74, 6) is 0.911. The van der Waals surface area contributed by atoms with Gasteiger partial charge in [0.05, 0.1) is 25.4 Å². The maximum atomic E-state index is 12.4. The van der Waals surface area contributed by atoms with E-state index in [0.29, 0.717) is 36.0 Å². The molecule has 0 aromatic heterocycles. The highest BCUT2D eigenvalue weighted by Crippen LogP contribution is 2.29. The molecule has 7 heteroatoms. The third-order valence-corrected chi connectivity index (χ3v) is 4.77. The summed E-state index contributed by atoms with van der Waals surface area (Å²) in [5.41, 5.74) is 1.62. The molecule has 0 saturated carbocycles. The lowest BCUT2D eigenvalue weighted by Crippen LogP contribution is -2.42. The second-order valence-electron chi connectivity index (χ2n) is 7.69. The normalized spacial score (nSPS) is 10.9. The first kappa shape index (κ1) is 24.1. The Morgan fingerprint density at radius 3 is 2.23 bits per heavy atom. The van der Waals surface area contributed by atoms with Crippen LogP contribution in [0.25, 0.3) is 0 Å². The summed E-state index contributed by atoms with van der Waals surface area (Å²) < 4.78 is 11.1. The topological polar surface area (TPSA) is 88.7 Å². The summed E-state index contributed by atoms with van der Waals surface area (Å²) in [6.45, 7) is 10.9. The van der Waals surface area contributed by atoms with Crippen molar-refractivity contribution in [3.05, 3.63) is 48.0 Å². The van der Waals surface area contributed by atoms with Gasteiger partial charge in [-0.3, -0.25) is 9.59 Å². The number of carbonyl (C=O) groups is 2. The van der Waals surface area contributed by atoms with E-state index in [1.165, 1.54) is 0 Å². The molecule has 0 spiro atoms. The van der Waals surface area contributed by atoms with E-state index in [0.717, 1.165) is 12.1 Å². The molecule has 0 saturated heterocycles. The average Bonchev–Trinajstić information content (AvgIpc) is 2.74. The Balaban J connectivity index is 1.95. The molecule has 0 bridgehead atoms. The van der Waals surface area contributed by atoms with Crippen LogP contribution < -0.4 is 25.4 Å². The summed E-state index contributed by atoms with van der Waals surface area (Å²) >= 11 is 0. The summed E-state index contributed by atoms with van der Waals surface area (Å²) in [5, 5.41) is 8.92. The van der Waals surface area contributed by atoms with Gasteiger partial charge in [-0.1, -0.05) is 6.92 Å². The van der Waals surface area contributed by atoms with Gasteiger partial charge in [-0.05, 0) is 70.5 Å². The summed E-state index contributed by atoms with van der Waals surface area (Å²) in [6, 6.07) is 12.4. The molecule has 2 aromatic carbocycles. The minimum atomic E-state index is -0.258. The van der Waals surface area contributed by atoms with E-state index in [9.17, 15) is 9.59 Å². The van der Waals surface area contributed by atoms with E-state index in [1.807, 2.05) is 40.7 Å². The van der Waals surface area contributed by atoms with Crippen LogP contribution in [0.4, 0.5) is 11.4 Å². The molecule has 31 heavy (non-hydrogen) atoms. The molecule has 0 aliphatic heterocycles. The molecule has 2 aromatic rings. The fourth-order valence-corrected chi connectivity index (χ4v) is 2.73. The number of anilines is 2. The van der Waals surface area contributed by atoms with Gasteiger partial charge in [0.2, 0.25) is 5.91 Å². The minimum Gasteiger partial charge on any atom is -0.494 e. The Kier molecular flexibility index (Phi) is 8.73. The lowest BCUT2D eigenvalue weighted by molar-refractivity contribution is -0.114. The molecule has 2 rings (SSSR count). The molecular formula is C24H33N3O4. The molecule has 0 unspecified atom stereocenters. The molecule has 7 nitrogen and oxygen atoms in total. The molecule has 0 atom stereocenters. The molecular weight excluding hydrogens is 394 g/mol. The lowest BCUT2D eigenvalue weighted by Gasteiger charge is -2.24. The van der Waals surface area contributed by atoms with Crippen molar-refractivity contribution >= 4 is 23.2 Å². The van der Waals surface area contributed by atoms with E-state index in [4.69, 9.17) is 9.47 Å². The Bertz CT molecular complexity index is 879. The predicted octanol–water partition coefficient (Wildman–Crippen LogP) is 4.45. The highest BCUT2D eigenvalue weighted by molar-refractivity contribution is 5.96. The molecule has 0 fully saturated rings. The summed E-state index contributed by atoms with van der Waals surface area (Å²) in [4.78, 5) is 24.8. The van der Waals surface area contributed by atoms with Crippen molar-refractivity contribution in [1.82, 2.24) is 5.32 Å². The minimum absolute atomic E-state index is 0.0683. The molecule has 0 radical (unpaired) electrons. The Labute approximate surface area is 184 Å². The van der Waals surface area contributed by atoms with Gasteiger partial charge >= 0.3 is 0 Å². The maximum Gasteiger partial charge on any atom is 0.251 e. The summed E-state index contributed by atoms with van der Waals surface area (Å²) in [7, 11) is 0. The molecule has 2 amide bonds. The predicted molar refractivity (Wildman–Crippen MR) is 124 cm³/mol. The van der Waals surface area contributed by atoms with Gasteiger partial charge in [0, 0.05) is 22.9 Å². The largest absolute Gasteiger partial charge is 0.494 e. The Morgan fingerprint density at radius 2 is 1.61 bits per heavy atom. The van der Waals surface area contributed by atoms with Crippen molar-refractivity contribution in [3.8, 4) is 11.5 Å². The van der Waals surface area contributed by atoms with E-state index >= 15 is 0 Å². The van der Waals surface area contributed by atoms with Crippen molar-refractivity contribution in [1.29, 1.82) is 0 Å². The van der Waals surface area contributed by atoms with Crippen LogP contribution in [-0.4, -0.2) is 37.1 Å². The third kappa shape index (κ3) is 7.51. The van der Waals surface area contributed by atoms with E-state index in [1.54, 1.807) is 36.4 Å². The van der Waals surface area contributed by atoms with Crippen LogP contribution in [0.3, 0.4) is 0 Å². The van der Waals surface area contributed by atoms with Gasteiger partial charge in [0.1, 0.15) is 11.5 Å². The van der Waals surface area contributed by atoms with Crippen molar-refractivity contribution in [2.75, 3.05) is 30.4 Å². The first-order valence-electron chi connectivity index (χ1n) is 10.6. The number of amides is 2. The number of nitrogens with one attached hydrogen (secondary N) is 3. The first-order valence-corrected chi connectivity index (χ1v) is 10.6. The Hall–Kier alpha value is -3.22. The van der Waals surface area contributed by atoms with Crippen LogP contribution in [0.15, 0.2) is 42.5 Å². The highest BCUT2D eigenvalue weighted by atomic mass is 16.5. The fourth-order valence-electron chi connectivity index (χ4n) is 2.73. The smallest absolute Gasteiger partial charge is 0.251 e. The van der Waals surface area contributed by atoms with Crippen LogP contribution in [-0.2, 0) is 4.79 Å². The molecule has 0 aliphatic carbocycles. The van der Waals surface area contributed by atoms with Crippen LogP contribution in [0.2, 0.25) is 0 Å². The second-order valence-corrected chi connectivity index (χ2v) is 7.69. The van der Waals surface area contributed by atoms with Gasteiger partial charge in [0.25, 0.3) is 5.91 Å². The molecule has 3 N–H and O–H groups in total. The van der Waals surface area contributed by atoms with Gasteiger partial charge in [-0.2, -0.15) is 0 Å². The quantitative estimate of drug-likeness (QED) is 0.493. The zero-order chi connectivity index (χ0) is 22.9. The maximum absolute atomic E-state index is 12.4. The van der Waals surface area contributed by atoms with Crippen molar-refractivity contribution in [3.63, 3.8) is 0 Å². The number of benzene rings is 2. The zero-order valence-electron chi connectivity index (χ0n) is 19.0. The SMILES string of the molecule is CCOc1ccc(OCC)c(NC(=O)CNc2ccc(C(=O)NC(C)(C)CC)cc2)c1. The van der Waals surface area contributed by atoms with Gasteiger partial charge in [-0.25, -0.2) is 0 Å². The van der Waals surface area contributed by atoms with Crippen LogP contribution >= 0.6 is 0 Å². The fraction of sp³-hybridized carbons (Fsp3) is 0.417. The number of rotatable bonds is 11. The van der Waals surface area contributed by atoms with Crippen molar-refractivity contribution in [2.45, 2.75) is 46.6 Å². The third-order valence-electron chi connectivity index (χ3n) is 4.77. The monoisotopic (exact) mass is 427 g/mol. The van der Waals surface area contributed by atoms with Gasteiger partial charge in [0.15, 0.2) is 0 Å². The van der Waals surface area contributed by atoms with Gasteiger partial charge in [-0.15, -0.1) is 0 Å². The number of hydrogen-bond donors (Lipinski definition) is 3. The zero-order valence-corrected chi connectivity index (χ0v) is 19.0. The van der Waals surface area contributed by atoms with Gasteiger partial charge < -0.3 is 25.4 Å². The van der Waals surface area contributed by atoms with Crippen molar-refractivity contribution < 1.29 is 19.1 Å². The number of hydrogen-bond acceptors (Lipinski definition) is 5. The number of ether oxygens (including phenoxy) is 2. The lowest BCUT2D eigenvalue weighted by atomic mass is 10.0. The van der Waals surface area contributed by atoms with E-state index in [-0.39, 0.29) is 23.9 Å². The summed E-state index contributed by atoms with van der Waals surface area (Å²) in [6.07, 6.45) is 0.839.